The second-order valence-electron chi connectivity index (χ2n) is 6.43. The number of pyridine rings is 1. The summed E-state index contributed by atoms with van der Waals surface area (Å²) >= 11 is 0. The molecule has 0 radical (unpaired) electrons. The van der Waals surface area contributed by atoms with Crippen LogP contribution in [0.5, 0.6) is 0 Å². The van der Waals surface area contributed by atoms with Gasteiger partial charge in [-0.25, -0.2) is 4.39 Å². The van der Waals surface area contributed by atoms with Crippen molar-refractivity contribution >= 4 is 11.6 Å². The van der Waals surface area contributed by atoms with Crippen molar-refractivity contribution in [1.29, 1.82) is 0 Å². The molecular weight excluding hydrogens is 376 g/mol. The van der Waals surface area contributed by atoms with Crippen LogP contribution in [0.3, 0.4) is 0 Å². The lowest BCUT2D eigenvalue weighted by Gasteiger charge is -2.28. The Kier molecular flexibility index (Phi) is 4.17. The van der Waals surface area contributed by atoms with Crippen molar-refractivity contribution in [3.05, 3.63) is 65.5 Å². The van der Waals surface area contributed by atoms with E-state index in [2.05, 4.69) is 10.1 Å². The molecule has 144 valence electrons. The van der Waals surface area contributed by atoms with E-state index in [0.717, 1.165) is 23.4 Å². The maximum absolute atomic E-state index is 14.0. The van der Waals surface area contributed by atoms with Crippen molar-refractivity contribution in [2.24, 2.45) is 0 Å². The van der Waals surface area contributed by atoms with E-state index in [1.807, 2.05) is 13.0 Å². The van der Waals surface area contributed by atoms with Crippen LogP contribution in [0.25, 0.3) is 11.1 Å². The molecule has 0 unspecified atom stereocenters. The molecule has 2 aromatic heterocycles. The van der Waals surface area contributed by atoms with Crippen LogP contribution in [0.15, 0.2) is 42.7 Å². The quantitative estimate of drug-likeness (QED) is 0.620. The van der Waals surface area contributed by atoms with Crippen molar-refractivity contribution < 1.29 is 22.4 Å². The third-order valence-corrected chi connectivity index (χ3v) is 4.60. The summed E-state index contributed by atoms with van der Waals surface area (Å²) in [6.45, 7) is 2.33. The Bertz CT molecular complexity index is 1070. The molecule has 1 aliphatic heterocycles. The molecule has 1 aliphatic rings. The molecule has 0 aliphatic carbocycles. The first-order valence-electron chi connectivity index (χ1n) is 8.43. The Labute approximate surface area is 157 Å². The van der Waals surface area contributed by atoms with Gasteiger partial charge in [0.25, 0.3) is 5.91 Å². The number of aromatic nitrogens is 3. The number of fused-ring (bicyclic) bond motifs is 1. The van der Waals surface area contributed by atoms with E-state index in [4.69, 9.17) is 0 Å². The molecule has 4 rings (SSSR count). The number of hydrogen-bond donors (Lipinski definition) is 0. The molecular formula is C19H14F4N4O. The summed E-state index contributed by atoms with van der Waals surface area (Å²) in [4.78, 5) is 18.4. The molecule has 0 atom stereocenters. The maximum Gasteiger partial charge on any atom is 0.419 e. The van der Waals surface area contributed by atoms with Crippen LogP contribution in [-0.2, 0) is 12.7 Å². The van der Waals surface area contributed by atoms with Crippen molar-refractivity contribution in [2.45, 2.75) is 19.6 Å². The van der Waals surface area contributed by atoms with Crippen LogP contribution in [-0.4, -0.2) is 27.2 Å². The lowest BCUT2D eigenvalue weighted by molar-refractivity contribution is -0.139. The number of halogens is 4. The average molecular weight is 390 g/mol. The fourth-order valence-electron chi connectivity index (χ4n) is 3.28. The Hall–Kier alpha value is -3.23. The highest BCUT2D eigenvalue weighted by atomic mass is 19.4. The molecule has 0 saturated carbocycles. The molecule has 0 saturated heterocycles. The summed E-state index contributed by atoms with van der Waals surface area (Å²) in [6, 6.07) is 6.04. The number of carbonyl (C=O) groups excluding carboxylic acids is 1. The summed E-state index contributed by atoms with van der Waals surface area (Å²) < 4.78 is 53.9. The highest BCUT2D eigenvalue weighted by Crippen LogP contribution is 2.34. The Balaban J connectivity index is 1.73. The van der Waals surface area contributed by atoms with E-state index in [9.17, 15) is 22.4 Å². The number of amides is 1. The molecule has 3 aromatic rings. The molecule has 9 heteroatoms. The topological polar surface area (TPSA) is 51.0 Å². The predicted molar refractivity (Wildman–Crippen MR) is 93.3 cm³/mol. The standard InChI is InChI=1S/C19H14F4N4O/c1-11-8-12(4-5-24-11)14-10-25-27-7-6-26(18(28)17(14)27)13-2-3-15(16(20)9-13)19(21,22)23/h2-5,8-10H,6-7H2,1H3. The number of hydrogen-bond acceptors (Lipinski definition) is 3. The number of nitrogens with zero attached hydrogens (tertiary/aromatic N) is 4. The van der Waals surface area contributed by atoms with Gasteiger partial charge >= 0.3 is 6.18 Å². The SMILES string of the molecule is Cc1cc(-c2cnn3c2C(=O)N(c2ccc(C(F)(F)F)c(F)c2)CC3)ccn1. The molecule has 3 heterocycles. The number of alkyl halides is 3. The van der Waals surface area contributed by atoms with Crippen LogP contribution in [0.2, 0.25) is 0 Å². The summed E-state index contributed by atoms with van der Waals surface area (Å²) in [5.41, 5.74) is 1.12. The van der Waals surface area contributed by atoms with Gasteiger partial charge in [-0.05, 0) is 42.8 Å². The number of rotatable bonds is 2. The first kappa shape index (κ1) is 18.1. The third kappa shape index (κ3) is 3.02. The van der Waals surface area contributed by atoms with E-state index in [1.165, 1.54) is 4.90 Å². The maximum atomic E-state index is 14.0. The van der Waals surface area contributed by atoms with Gasteiger partial charge in [-0.2, -0.15) is 18.3 Å². The summed E-state index contributed by atoms with van der Waals surface area (Å²) in [7, 11) is 0. The van der Waals surface area contributed by atoms with Crippen LogP contribution in [0.4, 0.5) is 23.2 Å². The van der Waals surface area contributed by atoms with Gasteiger partial charge in [-0.15, -0.1) is 0 Å². The fourth-order valence-corrected chi connectivity index (χ4v) is 3.28. The predicted octanol–water partition coefficient (Wildman–Crippen LogP) is 4.07. The summed E-state index contributed by atoms with van der Waals surface area (Å²) in [5, 5.41) is 4.23. The van der Waals surface area contributed by atoms with E-state index in [0.29, 0.717) is 23.9 Å². The first-order valence-corrected chi connectivity index (χ1v) is 8.43. The largest absolute Gasteiger partial charge is 0.419 e. The summed E-state index contributed by atoms with van der Waals surface area (Å²) in [6.07, 6.45) is -1.61. The highest BCUT2D eigenvalue weighted by Gasteiger charge is 2.35. The van der Waals surface area contributed by atoms with Gasteiger partial charge in [-0.3, -0.25) is 14.5 Å². The minimum Gasteiger partial charge on any atom is -0.305 e. The van der Waals surface area contributed by atoms with E-state index in [1.54, 1.807) is 23.1 Å². The third-order valence-electron chi connectivity index (χ3n) is 4.60. The number of carbonyl (C=O) groups is 1. The highest BCUT2D eigenvalue weighted by molar-refractivity contribution is 6.09. The van der Waals surface area contributed by atoms with Gasteiger partial charge in [0.1, 0.15) is 11.5 Å². The van der Waals surface area contributed by atoms with Crippen molar-refractivity contribution in [2.75, 3.05) is 11.4 Å². The van der Waals surface area contributed by atoms with Crippen molar-refractivity contribution in [3.63, 3.8) is 0 Å². The van der Waals surface area contributed by atoms with Gasteiger partial charge < -0.3 is 4.90 Å². The minimum absolute atomic E-state index is 0.0693. The molecule has 0 spiro atoms. The second kappa shape index (κ2) is 6.43. The molecule has 5 nitrogen and oxygen atoms in total. The van der Waals surface area contributed by atoms with E-state index < -0.39 is 23.5 Å². The molecule has 28 heavy (non-hydrogen) atoms. The van der Waals surface area contributed by atoms with Crippen molar-refractivity contribution in [1.82, 2.24) is 14.8 Å². The fraction of sp³-hybridized carbons (Fsp3) is 0.211. The second-order valence-corrected chi connectivity index (χ2v) is 6.43. The molecule has 1 aromatic carbocycles. The number of anilines is 1. The van der Waals surface area contributed by atoms with Gasteiger partial charge in [-0.1, -0.05) is 0 Å². The number of benzene rings is 1. The van der Waals surface area contributed by atoms with Gasteiger partial charge in [0.2, 0.25) is 0 Å². The van der Waals surface area contributed by atoms with E-state index >= 15 is 0 Å². The lowest BCUT2D eigenvalue weighted by atomic mass is 10.0. The van der Waals surface area contributed by atoms with Gasteiger partial charge in [0, 0.05) is 29.7 Å². The molecule has 0 N–H and O–H groups in total. The van der Waals surface area contributed by atoms with Crippen LogP contribution >= 0.6 is 0 Å². The van der Waals surface area contributed by atoms with Gasteiger partial charge in [0.15, 0.2) is 0 Å². The zero-order valence-electron chi connectivity index (χ0n) is 14.7. The zero-order chi connectivity index (χ0) is 20.1. The van der Waals surface area contributed by atoms with Crippen LogP contribution < -0.4 is 4.90 Å². The molecule has 0 fully saturated rings. The smallest absolute Gasteiger partial charge is 0.305 e. The monoisotopic (exact) mass is 390 g/mol. The average Bonchev–Trinajstić information content (AvgIpc) is 3.06. The summed E-state index contributed by atoms with van der Waals surface area (Å²) in [5.74, 6) is -1.87. The van der Waals surface area contributed by atoms with Gasteiger partial charge in [0.05, 0.1) is 18.3 Å². The van der Waals surface area contributed by atoms with E-state index in [-0.39, 0.29) is 12.2 Å². The Morgan fingerprint density at radius 1 is 1.11 bits per heavy atom. The normalized spacial score (nSPS) is 14.3. The Morgan fingerprint density at radius 2 is 1.89 bits per heavy atom. The Morgan fingerprint density at radius 3 is 2.57 bits per heavy atom. The van der Waals surface area contributed by atoms with Crippen LogP contribution in [0, 0.1) is 12.7 Å². The lowest BCUT2D eigenvalue weighted by Crippen LogP contribution is -2.40. The zero-order valence-corrected chi connectivity index (χ0v) is 14.7. The number of aryl methyl sites for hydroxylation is 1. The molecule has 1 amide bonds. The minimum atomic E-state index is -4.79. The van der Waals surface area contributed by atoms with Crippen molar-refractivity contribution in [3.8, 4) is 11.1 Å². The molecule has 0 bridgehead atoms. The first-order chi connectivity index (χ1) is 13.3. The van der Waals surface area contributed by atoms with Crippen LogP contribution in [0.1, 0.15) is 21.7 Å².